The number of sulfone groups is 1. The molecule has 2 N–H and O–H groups in total. The average molecular weight is 533 g/mol. The molecule has 4 rings (SSSR count). The Morgan fingerprint density at radius 1 is 1.03 bits per heavy atom. The zero-order valence-electron chi connectivity index (χ0n) is 21.5. The normalized spacial score (nSPS) is 17.6. The predicted molar refractivity (Wildman–Crippen MR) is 139 cm³/mol. The number of ether oxygens (including phenoxy) is 4. The Morgan fingerprint density at radius 2 is 1.68 bits per heavy atom. The van der Waals surface area contributed by atoms with Gasteiger partial charge in [0, 0.05) is 26.3 Å². The van der Waals surface area contributed by atoms with Gasteiger partial charge in [0.05, 0.1) is 25.7 Å². The van der Waals surface area contributed by atoms with E-state index in [0.717, 1.165) is 50.4 Å². The van der Waals surface area contributed by atoms with Crippen LogP contribution < -0.4 is 19.9 Å². The highest BCUT2D eigenvalue weighted by molar-refractivity contribution is 7.93. The molecule has 0 saturated carbocycles. The Labute approximate surface area is 218 Å². The van der Waals surface area contributed by atoms with Gasteiger partial charge >= 0.3 is 0 Å². The highest BCUT2D eigenvalue weighted by Gasteiger charge is 2.51. The Balaban J connectivity index is 1.25. The van der Waals surface area contributed by atoms with Gasteiger partial charge in [0.15, 0.2) is 26.1 Å². The van der Waals surface area contributed by atoms with Gasteiger partial charge in [0.1, 0.15) is 5.75 Å². The molecule has 1 fully saturated rings. The van der Waals surface area contributed by atoms with Crippen molar-refractivity contribution in [2.75, 3.05) is 47.1 Å². The van der Waals surface area contributed by atoms with Crippen LogP contribution in [0, 0.1) is 0 Å². The molecule has 0 aromatic heterocycles. The lowest BCUT2D eigenvalue weighted by atomic mass is 9.98. The number of hydrogen-bond donors (Lipinski definition) is 1. The number of hydrogen-bond acceptors (Lipinski definition) is 8. The third-order valence-corrected chi connectivity index (χ3v) is 9.86. The van der Waals surface area contributed by atoms with Crippen LogP contribution in [0.5, 0.6) is 17.2 Å². The second-order valence-electron chi connectivity index (χ2n) is 9.50. The lowest BCUT2D eigenvalue weighted by Gasteiger charge is -2.33. The summed E-state index contributed by atoms with van der Waals surface area (Å²) in [7, 11) is -0.631. The Morgan fingerprint density at radius 3 is 2.30 bits per heavy atom. The molecule has 2 aliphatic heterocycles. The lowest BCUT2D eigenvalue weighted by molar-refractivity contribution is -0.122. The molecule has 202 valence electrons. The van der Waals surface area contributed by atoms with E-state index in [1.807, 2.05) is 0 Å². The summed E-state index contributed by atoms with van der Waals surface area (Å²) in [5.41, 5.74) is 8.12. The van der Waals surface area contributed by atoms with Gasteiger partial charge in [0.25, 0.3) is 0 Å². The van der Waals surface area contributed by atoms with Crippen LogP contribution in [0.1, 0.15) is 36.8 Å². The Hall–Kier alpha value is -2.82. The molecule has 2 aliphatic rings. The number of amides is 1. The van der Waals surface area contributed by atoms with E-state index in [-0.39, 0.29) is 31.0 Å². The van der Waals surface area contributed by atoms with Gasteiger partial charge in [-0.3, -0.25) is 9.69 Å². The number of rotatable bonds is 11. The minimum atomic E-state index is -3.94. The van der Waals surface area contributed by atoms with Crippen LogP contribution in [0.4, 0.5) is 0 Å². The third kappa shape index (κ3) is 5.71. The molecule has 0 unspecified atom stereocenters. The minimum absolute atomic E-state index is 0.0628. The van der Waals surface area contributed by atoms with E-state index >= 15 is 0 Å². The summed E-state index contributed by atoms with van der Waals surface area (Å²) in [5, 5.41) is 0. The molecule has 0 spiro atoms. The first-order valence-electron chi connectivity index (χ1n) is 12.6. The monoisotopic (exact) mass is 532 g/mol. The molecule has 2 heterocycles. The number of benzene rings is 2. The fourth-order valence-corrected chi connectivity index (χ4v) is 6.96. The number of nitrogens with two attached hydrogens (primary N) is 1. The predicted octanol–water partition coefficient (Wildman–Crippen LogP) is 2.73. The highest BCUT2D eigenvalue weighted by atomic mass is 32.2. The summed E-state index contributed by atoms with van der Waals surface area (Å²) < 4.78 is 46.8. The number of nitrogens with zero attached hydrogens (tertiary/aromatic N) is 1. The van der Waals surface area contributed by atoms with E-state index in [2.05, 4.69) is 17.0 Å². The molecular weight excluding hydrogens is 496 g/mol. The largest absolute Gasteiger partial charge is 0.494 e. The second kappa shape index (κ2) is 11.7. The van der Waals surface area contributed by atoms with Crippen LogP contribution in [0.15, 0.2) is 41.3 Å². The van der Waals surface area contributed by atoms with Gasteiger partial charge in [-0.25, -0.2) is 8.42 Å². The van der Waals surface area contributed by atoms with Crippen LogP contribution in [0.2, 0.25) is 0 Å². The van der Waals surface area contributed by atoms with Crippen LogP contribution in [0.3, 0.4) is 0 Å². The first kappa shape index (κ1) is 27.2. The number of fused-ring (bicyclic) bond motifs is 1. The van der Waals surface area contributed by atoms with Crippen molar-refractivity contribution in [2.45, 2.75) is 48.3 Å². The molecule has 37 heavy (non-hydrogen) atoms. The zero-order chi connectivity index (χ0) is 26.5. The maximum atomic E-state index is 13.2. The smallest absolute Gasteiger partial charge is 0.239 e. The maximum Gasteiger partial charge on any atom is 0.239 e. The van der Waals surface area contributed by atoms with E-state index < -0.39 is 20.5 Å². The highest BCUT2D eigenvalue weighted by Crippen LogP contribution is 2.36. The van der Waals surface area contributed by atoms with Gasteiger partial charge in [-0.1, -0.05) is 0 Å². The van der Waals surface area contributed by atoms with E-state index in [4.69, 9.17) is 24.7 Å². The molecule has 1 amide bonds. The first-order valence-corrected chi connectivity index (χ1v) is 14.1. The SMILES string of the molecule is COc1cc2c(cc1OC)CN(CCCCOc1ccc(S(=O)(=O)C3(C(N)=O)CCOCC3)cc1)CC2. The molecule has 2 aromatic rings. The van der Waals surface area contributed by atoms with Gasteiger partial charge < -0.3 is 24.7 Å². The lowest BCUT2D eigenvalue weighted by Crippen LogP contribution is -2.53. The number of methoxy groups -OCH3 is 2. The van der Waals surface area contributed by atoms with Crippen molar-refractivity contribution in [3.63, 3.8) is 0 Å². The van der Waals surface area contributed by atoms with Gasteiger partial charge in [-0.2, -0.15) is 0 Å². The standard InChI is InChI=1S/C27H36N2O7S/c1-33-24-17-20-9-13-29(19-21(20)18-25(24)34-2)12-3-4-14-36-22-5-7-23(8-6-22)37(31,32)27(26(28)30)10-15-35-16-11-27/h5-8,17-18H,3-4,9-16,19H2,1-2H3,(H2,28,30). The number of unbranched alkanes of at least 4 members (excludes halogenated alkanes) is 1. The van der Waals surface area contributed by atoms with Crippen molar-refractivity contribution in [2.24, 2.45) is 5.73 Å². The topological polar surface area (TPSA) is 117 Å². The fraction of sp³-hybridized carbons (Fsp3) is 0.519. The summed E-state index contributed by atoms with van der Waals surface area (Å²) in [6.45, 7) is 3.76. The molecule has 9 nitrogen and oxygen atoms in total. The molecule has 1 saturated heterocycles. The summed E-state index contributed by atoms with van der Waals surface area (Å²) >= 11 is 0. The molecule has 0 radical (unpaired) electrons. The van der Waals surface area contributed by atoms with Crippen molar-refractivity contribution in [3.8, 4) is 17.2 Å². The van der Waals surface area contributed by atoms with E-state index in [9.17, 15) is 13.2 Å². The van der Waals surface area contributed by atoms with Gasteiger partial charge in [0.2, 0.25) is 5.91 Å². The molecule has 2 aromatic carbocycles. The van der Waals surface area contributed by atoms with Crippen molar-refractivity contribution in [3.05, 3.63) is 47.5 Å². The number of primary amides is 1. The zero-order valence-corrected chi connectivity index (χ0v) is 22.3. The summed E-state index contributed by atoms with van der Waals surface area (Å²) in [6.07, 6.45) is 2.96. The van der Waals surface area contributed by atoms with Crippen molar-refractivity contribution in [1.29, 1.82) is 0 Å². The summed E-state index contributed by atoms with van der Waals surface area (Å²) in [4.78, 5) is 14.6. The summed E-state index contributed by atoms with van der Waals surface area (Å²) in [6, 6.07) is 10.4. The minimum Gasteiger partial charge on any atom is -0.494 e. The molecule has 10 heteroatoms. The molecule has 0 bridgehead atoms. The average Bonchev–Trinajstić information content (AvgIpc) is 2.92. The van der Waals surface area contributed by atoms with Gasteiger partial charge in [-0.05, 0) is 86.2 Å². The van der Waals surface area contributed by atoms with E-state index in [1.54, 1.807) is 26.4 Å². The van der Waals surface area contributed by atoms with E-state index in [1.165, 1.54) is 23.3 Å². The van der Waals surface area contributed by atoms with Gasteiger partial charge in [-0.15, -0.1) is 0 Å². The number of carbonyl (C=O) groups is 1. The molecule has 0 atom stereocenters. The van der Waals surface area contributed by atoms with Crippen LogP contribution in [-0.4, -0.2) is 71.1 Å². The summed E-state index contributed by atoms with van der Waals surface area (Å²) in [5.74, 6) is 1.29. The molecule has 0 aliphatic carbocycles. The third-order valence-electron chi connectivity index (χ3n) is 7.33. The van der Waals surface area contributed by atoms with Crippen LogP contribution in [-0.2, 0) is 32.3 Å². The quantitative estimate of drug-likeness (QED) is 0.439. The fourth-order valence-electron chi connectivity index (χ4n) is 5.05. The van der Waals surface area contributed by atoms with Crippen molar-refractivity contribution < 1.29 is 32.2 Å². The Bertz CT molecular complexity index is 1190. The maximum absolute atomic E-state index is 13.2. The second-order valence-corrected chi connectivity index (χ2v) is 11.8. The van der Waals surface area contributed by atoms with Crippen molar-refractivity contribution >= 4 is 15.7 Å². The van der Waals surface area contributed by atoms with Crippen LogP contribution in [0.25, 0.3) is 0 Å². The Kier molecular flexibility index (Phi) is 8.61. The number of carbonyl (C=O) groups excluding carboxylic acids is 1. The van der Waals surface area contributed by atoms with E-state index in [0.29, 0.717) is 12.4 Å². The van der Waals surface area contributed by atoms with Crippen LogP contribution >= 0.6 is 0 Å². The van der Waals surface area contributed by atoms with Crippen molar-refractivity contribution in [1.82, 2.24) is 4.90 Å². The molecular formula is C27H36N2O7S. The first-order chi connectivity index (χ1) is 17.8.